The van der Waals surface area contributed by atoms with Crippen molar-refractivity contribution in [3.63, 3.8) is 0 Å². The first kappa shape index (κ1) is 23.5. The Balaban J connectivity index is 1.39. The molecule has 1 aromatic heterocycles. The molecule has 1 fully saturated rings. The Morgan fingerprint density at radius 1 is 1.00 bits per heavy atom. The molecule has 11 heteroatoms. The molecule has 0 amide bonds. The van der Waals surface area contributed by atoms with Crippen molar-refractivity contribution < 1.29 is 26.3 Å². The predicted molar refractivity (Wildman–Crippen MR) is 121 cm³/mol. The van der Waals surface area contributed by atoms with E-state index in [2.05, 4.69) is 23.8 Å². The van der Waals surface area contributed by atoms with Crippen LogP contribution in [0.15, 0.2) is 58.8 Å². The Bertz CT molecular complexity index is 1190. The lowest BCUT2D eigenvalue weighted by Crippen LogP contribution is -2.48. The number of piperazine rings is 1. The third-order valence-electron chi connectivity index (χ3n) is 5.35. The summed E-state index contributed by atoms with van der Waals surface area (Å²) in [5, 5.41) is 2.82. The van der Waals surface area contributed by atoms with Crippen LogP contribution in [0.5, 0.6) is 5.75 Å². The van der Waals surface area contributed by atoms with Crippen LogP contribution in [-0.2, 0) is 16.4 Å². The minimum absolute atomic E-state index is 0.0717. The molecule has 1 saturated heterocycles. The number of aryl methyl sites for hydroxylation is 1. The third kappa shape index (κ3) is 5.48. The average Bonchev–Trinajstić information content (AvgIpc) is 3.29. The second-order valence-electron chi connectivity index (χ2n) is 7.48. The van der Waals surface area contributed by atoms with Gasteiger partial charge in [0, 0.05) is 37.1 Å². The smallest absolute Gasteiger partial charge is 0.406 e. The maximum atomic E-state index is 12.9. The van der Waals surface area contributed by atoms with Gasteiger partial charge in [0.05, 0.1) is 10.6 Å². The highest BCUT2D eigenvalue weighted by Gasteiger charge is 2.32. The van der Waals surface area contributed by atoms with Gasteiger partial charge in [-0.1, -0.05) is 31.2 Å². The van der Waals surface area contributed by atoms with Gasteiger partial charge in [0.15, 0.2) is 5.13 Å². The fraction of sp³-hybridized carbons (Fsp3) is 0.318. The summed E-state index contributed by atoms with van der Waals surface area (Å²) in [7, 11) is -3.82. The number of halogens is 3. The summed E-state index contributed by atoms with van der Waals surface area (Å²) >= 11 is 1.51. The van der Waals surface area contributed by atoms with Crippen molar-refractivity contribution in [1.29, 1.82) is 0 Å². The molecule has 2 heterocycles. The zero-order chi connectivity index (χ0) is 23.6. The molecule has 0 unspecified atom stereocenters. The van der Waals surface area contributed by atoms with E-state index in [-0.39, 0.29) is 18.0 Å². The van der Waals surface area contributed by atoms with Crippen LogP contribution in [0.1, 0.15) is 12.5 Å². The summed E-state index contributed by atoms with van der Waals surface area (Å²) in [4.78, 5) is 6.69. The van der Waals surface area contributed by atoms with Crippen LogP contribution >= 0.6 is 11.3 Å². The van der Waals surface area contributed by atoms with Crippen LogP contribution < -0.4 is 9.64 Å². The van der Waals surface area contributed by atoms with Crippen LogP contribution in [0.3, 0.4) is 0 Å². The van der Waals surface area contributed by atoms with E-state index in [1.54, 1.807) is 0 Å². The second kappa shape index (κ2) is 9.32. The van der Waals surface area contributed by atoms with Crippen molar-refractivity contribution in [1.82, 2.24) is 9.29 Å². The van der Waals surface area contributed by atoms with Crippen LogP contribution in [0.25, 0.3) is 11.3 Å². The lowest BCUT2D eigenvalue weighted by molar-refractivity contribution is -0.274. The normalized spacial score (nSPS) is 15.6. The molecule has 0 atom stereocenters. The van der Waals surface area contributed by atoms with Gasteiger partial charge in [-0.25, -0.2) is 13.4 Å². The van der Waals surface area contributed by atoms with Gasteiger partial charge in [0.2, 0.25) is 10.0 Å². The van der Waals surface area contributed by atoms with Crippen LogP contribution in [0.2, 0.25) is 0 Å². The minimum Gasteiger partial charge on any atom is -0.406 e. The van der Waals surface area contributed by atoms with Crippen molar-refractivity contribution >= 4 is 26.5 Å². The number of alkyl halides is 3. The number of nitrogens with zero attached hydrogens (tertiary/aromatic N) is 3. The number of thiazole rings is 1. The summed E-state index contributed by atoms with van der Waals surface area (Å²) in [5.41, 5.74) is 3.18. The highest BCUT2D eigenvalue weighted by atomic mass is 32.2. The molecule has 0 saturated carbocycles. The summed E-state index contributed by atoms with van der Waals surface area (Å²) < 4.78 is 67.9. The van der Waals surface area contributed by atoms with E-state index in [4.69, 9.17) is 4.98 Å². The zero-order valence-corrected chi connectivity index (χ0v) is 19.4. The Kier molecular flexibility index (Phi) is 6.64. The molecule has 6 nitrogen and oxygen atoms in total. The lowest BCUT2D eigenvalue weighted by atomic mass is 10.1. The monoisotopic (exact) mass is 497 g/mol. The Morgan fingerprint density at radius 3 is 2.21 bits per heavy atom. The van der Waals surface area contributed by atoms with Gasteiger partial charge in [0.1, 0.15) is 5.75 Å². The van der Waals surface area contributed by atoms with Crippen LogP contribution in [0.4, 0.5) is 18.3 Å². The van der Waals surface area contributed by atoms with Crippen molar-refractivity contribution in [3.05, 3.63) is 59.5 Å². The fourth-order valence-electron chi connectivity index (χ4n) is 3.54. The number of aromatic nitrogens is 1. The first-order chi connectivity index (χ1) is 15.7. The molecule has 0 radical (unpaired) electrons. The molecule has 3 aromatic rings. The van der Waals surface area contributed by atoms with E-state index in [0.29, 0.717) is 13.1 Å². The van der Waals surface area contributed by atoms with E-state index in [1.165, 1.54) is 21.2 Å². The van der Waals surface area contributed by atoms with Gasteiger partial charge in [-0.05, 0) is 36.2 Å². The molecule has 176 valence electrons. The SMILES string of the molecule is CCc1ccc(-c2csc(N3CCN(S(=O)(=O)c4ccc(OC(F)(F)F)cc4)CC3)n2)cc1. The van der Waals surface area contributed by atoms with Gasteiger partial charge in [-0.15, -0.1) is 24.5 Å². The molecule has 1 aliphatic heterocycles. The summed E-state index contributed by atoms with van der Waals surface area (Å²) in [6, 6.07) is 12.5. The van der Waals surface area contributed by atoms with Crippen LogP contribution in [0, 0.1) is 0 Å². The third-order valence-corrected chi connectivity index (χ3v) is 8.17. The number of benzene rings is 2. The Morgan fingerprint density at radius 2 is 1.64 bits per heavy atom. The van der Waals surface area contributed by atoms with Crippen molar-refractivity contribution in [3.8, 4) is 17.0 Å². The molecule has 0 spiro atoms. The Hall–Kier alpha value is -2.63. The molecular formula is C22H22F3N3O3S2. The number of anilines is 1. The first-order valence-electron chi connectivity index (χ1n) is 10.3. The summed E-state index contributed by atoms with van der Waals surface area (Å²) in [6.45, 7) is 3.55. The quantitative estimate of drug-likeness (QED) is 0.491. The van der Waals surface area contributed by atoms with Gasteiger partial charge >= 0.3 is 6.36 Å². The Labute approximate surface area is 194 Å². The summed E-state index contributed by atoms with van der Waals surface area (Å²) in [6.07, 6.45) is -3.85. The molecule has 0 aliphatic carbocycles. The predicted octanol–water partition coefficient (Wildman–Crippen LogP) is 4.78. The maximum Gasteiger partial charge on any atom is 0.573 e. The number of sulfonamides is 1. The molecule has 1 aliphatic rings. The molecule has 0 bridgehead atoms. The zero-order valence-electron chi connectivity index (χ0n) is 17.7. The minimum atomic E-state index is -4.83. The highest BCUT2D eigenvalue weighted by Crippen LogP contribution is 2.30. The van der Waals surface area contributed by atoms with Gasteiger partial charge in [-0.2, -0.15) is 4.31 Å². The van der Waals surface area contributed by atoms with Gasteiger partial charge in [-0.3, -0.25) is 0 Å². The molecule has 2 aromatic carbocycles. The second-order valence-corrected chi connectivity index (χ2v) is 10.3. The van der Waals surface area contributed by atoms with Gasteiger partial charge < -0.3 is 9.64 Å². The number of hydrogen-bond donors (Lipinski definition) is 0. The summed E-state index contributed by atoms with van der Waals surface area (Å²) in [5.74, 6) is -0.463. The molecular weight excluding hydrogens is 475 g/mol. The first-order valence-corrected chi connectivity index (χ1v) is 12.6. The molecule has 0 N–H and O–H groups in total. The largest absolute Gasteiger partial charge is 0.573 e. The van der Waals surface area contributed by atoms with E-state index in [1.807, 2.05) is 22.4 Å². The van der Waals surface area contributed by atoms with Crippen molar-refractivity contribution in [2.24, 2.45) is 0 Å². The highest BCUT2D eigenvalue weighted by molar-refractivity contribution is 7.89. The van der Waals surface area contributed by atoms with E-state index < -0.39 is 22.1 Å². The number of rotatable bonds is 6. The number of ether oxygens (including phenoxy) is 1. The lowest BCUT2D eigenvalue weighted by Gasteiger charge is -2.33. The van der Waals surface area contributed by atoms with Crippen molar-refractivity contribution in [2.45, 2.75) is 24.6 Å². The fourth-order valence-corrected chi connectivity index (χ4v) is 5.85. The average molecular weight is 498 g/mol. The van der Waals surface area contributed by atoms with E-state index in [0.717, 1.165) is 47.1 Å². The van der Waals surface area contributed by atoms with E-state index in [9.17, 15) is 21.6 Å². The topological polar surface area (TPSA) is 62.7 Å². The van der Waals surface area contributed by atoms with E-state index >= 15 is 0 Å². The van der Waals surface area contributed by atoms with Gasteiger partial charge in [0.25, 0.3) is 0 Å². The molecule has 33 heavy (non-hydrogen) atoms. The van der Waals surface area contributed by atoms with Crippen molar-refractivity contribution in [2.75, 3.05) is 31.1 Å². The number of hydrogen-bond acceptors (Lipinski definition) is 6. The standard InChI is InChI=1S/C22H22F3N3O3S2/c1-2-16-3-5-17(6-4-16)20-15-32-21(26-20)27-11-13-28(14-12-27)33(29,30)19-9-7-18(8-10-19)31-22(23,24)25/h3-10,15H,2,11-14H2,1H3. The molecule has 4 rings (SSSR count). The van der Waals surface area contributed by atoms with Crippen LogP contribution in [-0.4, -0.2) is 50.2 Å². The maximum absolute atomic E-state index is 12.9.